The zero-order valence-electron chi connectivity index (χ0n) is 19.0. The number of rotatable bonds is 5. The minimum Gasteiger partial charge on any atom is -0.438 e. The summed E-state index contributed by atoms with van der Waals surface area (Å²) in [5.41, 5.74) is 4.42. The number of benzene rings is 2. The van der Waals surface area contributed by atoms with Crippen LogP contribution in [0.15, 0.2) is 73.2 Å². The monoisotopic (exact) mass is 450 g/mol. The summed E-state index contributed by atoms with van der Waals surface area (Å²) in [4.78, 5) is 26.3. The van der Waals surface area contributed by atoms with Crippen molar-refractivity contribution in [3.63, 3.8) is 0 Å². The molecule has 5 aromatic rings. The molecule has 8 heteroatoms. The number of nitrogens with one attached hydrogen (secondary N) is 1. The van der Waals surface area contributed by atoms with Gasteiger partial charge in [0, 0.05) is 42.5 Å². The van der Waals surface area contributed by atoms with Gasteiger partial charge < -0.3 is 10.1 Å². The van der Waals surface area contributed by atoms with Crippen LogP contribution in [-0.4, -0.2) is 30.6 Å². The number of fused-ring (bicyclic) bond motifs is 1. The van der Waals surface area contributed by atoms with Crippen LogP contribution in [0, 0.1) is 13.8 Å². The Morgan fingerprint density at radius 1 is 1.03 bits per heavy atom. The van der Waals surface area contributed by atoms with Crippen molar-refractivity contribution in [1.29, 1.82) is 0 Å². The molecule has 8 nitrogen and oxygen atoms in total. The molecule has 0 saturated heterocycles. The third-order valence-corrected chi connectivity index (χ3v) is 5.32. The van der Waals surface area contributed by atoms with Crippen molar-refractivity contribution in [3.05, 3.63) is 89.9 Å². The van der Waals surface area contributed by atoms with Crippen molar-refractivity contribution >= 4 is 22.6 Å². The molecule has 168 valence electrons. The Bertz CT molecular complexity index is 1510. The Morgan fingerprint density at radius 2 is 1.91 bits per heavy atom. The van der Waals surface area contributed by atoms with Gasteiger partial charge in [0.05, 0.1) is 0 Å². The number of anilines is 1. The maximum atomic E-state index is 13.0. The quantitative estimate of drug-likeness (QED) is 0.401. The molecule has 1 N–H and O–H groups in total. The number of ether oxygens (including phenoxy) is 1. The number of aryl methyl sites for hydroxylation is 3. The highest BCUT2D eigenvalue weighted by Gasteiger charge is 2.16. The van der Waals surface area contributed by atoms with E-state index >= 15 is 0 Å². The van der Waals surface area contributed by atoms with Crippen LogP contribution in [-0.2, 0) is 7.05 Å². The molecular formula is C26H22N6O2. The van der Waals surface area contributed by atoms with Crippen molar-refractivity contribution in [2.45, 2.75) is 13.8 Å². The maximum absolute atomic E-state index is 13.0. The van der Waals surface area contributed by atoms with Crippen LogP contribution in [0.3, 0.4) is 0 Å². The van der Waals surface area contributed by atoms with E-state index in [-0.39, 0.29) is 5.91 Å². The van der Waals surface area contributed by atoms with Crippen molar-refractivity contribution in [2.75, 3.05) is 5.32 Å². The minimum atomic E-state index is -0.209. The largest absolute Gasteiger partial charge is 0.438 e. The summed E-state index contributed by atoms with van der Waals surface area (Å²) in [6, 6.07) is 16.8. The van der Waals surface area contributed by atoms with Gasteiger partial charge >= 0.3 is 0 Å². The van der Waals surface area contributed by atoms with E-state index in [0.29, 0.717) is 34.1 Å². The molecule has 5 rings (SSSR count). The molecule has 0 aliphatic carbocycles. The van der Waals surface area contributed by atoms with Crippen LogP contribution in [0.25, 0.3) is 22.4 Å². The van der Waals surface area contributed by atoms with Gasteiger partial charge in [-0.3, -0.25) is 14.5 Å². The highest BCUT2D eigenvalue weighted by molar-refractivity contribution is 6.05. The molecule has 3 heterocycles. The average molecular weight is 451 g/mol. The number of nitrogens with zero attached hydrogens (tertiary/aromatic N) is 5. The standard InChI is InChI=1S/C26H22N6O2/c1-16-6-4-8-19(12-16)28-25(33)21-13-20(10-9-17(21)2)34-26-22-15-32(3)31-24(22)29-23(30-26)18-7-5-11-27-14-18/h4-15H,1-3H3,(H,28,33). The summed E-state index contributed by atoms with van der Waals surface area (Å²) in [5, 5.41) is 8.04. The molecule has 3 aromatic heterocycles. The Labute approximate surface area is 196 Å². The van der Waals surface area contributed by atoms with E-state index in [1.807, 2.05) is 69.4 Å². The fourth-order valence-electron chi connectivity index (χ4n) is 3.64. The lowest BCUT2D eigenvalue weighted by atomic mass is 10.1. The lowest BCUT2D eigenvalue weighted by molar-refractivity contribution is 0.102. The summed E-state index contributed by atoms with van der Waals surface area (Å²) in [7, 11) is 1.81. The summed E-state index contributed by atoms with van der Waals surface area (Å²) in [5.74, 6) is 1.09. The number of carbonyl (C=O) groups excluding carboxylic acids is 1. The zero-order valence-corrected chi connectivity index (χ0v) is 19.0. The van der Waals surface area contributed by atoms with Crippen LogP contribution >= 0.6 is 0 Å². The highest BCUT2D eigenvalue weighted by Crippen LogP contribution is 2.30. The van der Waals surface area contributed by atoms with Crippen LogP contribution in [0.5, 0.6) is 11.6 Å². The van der Waals surface area contributed by atoms with Crippen molar-refractivity contribution < 1.29 is 9.53 Å². The lowest BCUT2D eigenvalue weighted by Gasteiger charge is -2.12. The molecule has 0 spiro atoms. The van der Waals surface area contributed by atoms with Gasteiger partial charge in [0.25, 0.3) is 5.91 Å². The fourth-order valence-corrected chi connectivity index (χ4v) is 3.64. The maximum Gasteiger partial charge on any atom is 0.256 e. The Hall–Kier alpha value is -4.59. The molecule has 0 aliphatic rings. The molecule has 0 atom stereocenters. The molecule has 0 bridgehead atoms. The summed E-state index contributed by atoms with van der Waals surface area (Å²) in [6.07, 6.45) is 5.18. The predicted octanol–water partition coefficient (Wildman–Crippen LogP) is 5.09. The first-order chi connectivity index (χ1) is 16.5. The van der Waals surface area contributed by atoms with Crippen LogP contribution < -0.4 is 10.1 Å². The van der Waals surface area contributed by atoms with Crippen LogP contribution in [0.4, 0.5) is 5.69 Å². The molecule has 0 aliphatic heterocycles. The van der Waals surface area contributed by atoms with E-state index in [9.17, 15) is 4.79 Å². The number of hydrogen-bond acceptors (Lipinski definition) is 6. The topological polar surface area (TPSA) is 94.8 Å². The van der Waals surface area contributed by atoms with E-state index in [1.54, 1.807) is 29.3 Å². The van der Waals surface area contributed by atoms with E-state index in [1.165, 1.54) is 0 Å². The minimum absolute atomic E-state index is 0.209. The third-order valence-electron chi connectivity index (χ3n) is 5.32. The fraction of sp³-hybridized carbons (Fsp3) is 0.115. The smallest absolute Gasteiger partial charge is 0.256 e. The van der Waals surface area contributed by atoms with Gasteiger partial charge in [0.15, 0.2) is 11.5 Å². The molecule has 0 saturated carbocycles. The lowest BCUT2D eigenvalue weighted by Crippen LogP contribution is -2.13. The van der Waals surface area contributed by atoms with E-state index < -0.39 is 0 Å². The number of hydrogen-bond donors (Lipinski definition) is 1. The van der Waals surface area contributed by atoms with Gasteiger partial charge in [0.1, 0.15) is 11.1 Å². The summed E-state index contributed by atoms with van der Waals surface area (Å²) < 4.78 is 7.84. The SMILES string of the molecule is Cc1cccc(NC(=O)c2cc(Oc3nc(-c4cccnc4)nc4nn(C)cc34)ccc2C)c1. The van der Waals surface area contributed by atoms with Gasteiger partial charge in [0.2, 0.25) is 5.88 Å². The highest BCUT2D eigenvalue weighted by atomic mass is 16.5. The first kappa shape index (κ1) is 21.3. The summed E-state index contributed by atoms with van der Waals surface area (Å²) in [6.45, 7) is 3.87. The van der Waals surface area contributed by atoms with E-state index in [0.717, 1.165) is 22.4 Å². The molecule has 1 amide bonds. The second kappa shape index (κ2) is 8.74. The second-order valence-electron chi connectivity index (χ2n) is 8.04. The first-order valence-electron chi connectivity index (χ1n) is 10.7. The zero-order chi connectivity index (χ0) is 23.7. The van der Waals surface area contributed by atoms with Crippen molar-refractivity contribution in [3.8, 4) is 23.0 Å². The number of amides is 1. The van der Waals surface area contributed by atoms with Crippen molar-refractivity contribution in [1.82, 2.24) is 24.7 Å². The van der Waals surface area contributed by atoms with Crippen LogP contribution in [0.2, 0.25) is 0 Å². The Kier molecular flexibility index (Phi) is 5.47. The average Bonchev–Trinajstić information content (AvgIpc) is 3.21. The number of carbonyl (C=O) groups is 1. The third kappa shape index (κ3) is 4.33. The summed E-state index contributed by atoms with van der Waals surface area (Å²) >= 11 is 0. The number of pyridine rings is 1. The molecular weight excluding hydrogens is 428 g/mol. The van der Waals surface area contributed by atoms with E-state index in [4.69, 9.17) is 4.74 Å². The Morgan fingerprint density at radius 3 is 2.71 bits per heavy atom. The molecule has 34 heavy (non-hydrogen) atoms. The van der Waals surface area contributed by atoms with Gasteiger partial charge in [-0.15, -0.1) is 0 Å². The van der Waals surface area contributed by atoms with Gasteiger partial charge in [-0.25, -0.2) is 4.98 Å². The van der Waals surface area contributed by atoms with Gasteiger partial charge in [-0.05, 0) is 61.4 Å². The first-order valence-corrected chi connectivity index (χ1v) is 10.7. The molecule has 0 radical (unpaired) electrons. The van der Waals surface area contributed by atoms with Gasteiger partial charge in [-0.2, -0.15) is 10.1 Å². The predicted molar refractivity (Wildman–Crippen MR) is 130 cm³/mol. The van der Waals surface area contributed by atoms with Gasteiger partial charge in [-0.1, -0.05) is 18.2 Å². The number of aromatic nitrogens is 5. The molecule has 2 aromatic carbocycles. The van der Waals surface area contributed by atoms with Crippen LogP contribution in [0.1, 0.15) is 21.5 Å². The molecule has 0 unspecified atom stereocenters. The normalized spacial score (nSPS) is 10.9. The van der Waals surface area contributed by atoms with Crippen molar-refractivity contribution in [2.24, 2.45) is 7.05 Å². The molecule has 0 fully saturated rings. The Balaban J connectivity index is 1.50. The second-order valence-corrected chi connectivity index (χ2v) is 8.04. The van der Waals surface area contributed by atoms with E-state index in [2.05, 4.69) is 25.4 Å².